The number of aromatic nitrogens is 2. The Morgan fingerprint density at radius 3 is 2.85 bits per heavy atom. The second-order valence-electron chi connectivity index (χ2n) is 6.00. The number of ether oxygens (including phenoxy) is 1. The van der Waals surface area contributed by atoms with Crippen molar-refractivity contribution in [2.24, 2.45) is 11.8 Å². The Balaban J connectivity index is 2.13. The third-order valence-corrected chi connectivity index (χ3v) is 4.93. The number of nitrogens with zero attached hydrogens (tertiary/aromatic N) is 2. The van der Waals surface area contributed by atoms with Gasteiger partial charge in [0.05, 0.1) is 12.6 Å². The minimum Gasteiger partial charge on any atom is -0.494 e. The maximum absolute atomic E-state index is 6.21. The smallest absolute Gasteiger partial charge is 0.201 e. The molecule has 0 saturated heterocycles. The van der Waals surface area contributed by atoms with Crippen LogP contribution in [0.5, 0.6) is 5.75 Å². The van der Waals surface area contributed by atoms with Crippen molar-refractivity contribution in [1.29, 1.82) is 0 Å². The number of para-hydroxylation sites is 1. The van der Waals surface area contributed by atoms with Crippen molar-refractivity contribution in [3.8, 4) is 5.75 Å². The molecule has 108 valence electrons. The van der Waals surface area contributed by atoms with Crippen LogP contribution in [0.1, 0.15) is 39.2 Å². The van der Waals surface area contributed by atoms with E-state index in [1.165, 1.54) is 19.3 Å². The first-order valence-electron chi connectivity index (χ1n) is 7.44. The molecular weight excluding hydrogens is 250 g/mol. The summed E-state index contributed by atoms with van der Waals surface area (Å²) in [6, 6.07) is 6.48. The van der Waals surface area contributed by atoms with Crippen molar-refractivity contribution >= 4 is 17.0 Å². The molecule has 2 aromatic rings. The van der Waals surface area contributed by atoms with Crippen LogP contribution in [0.4, 0.5) is 5.95 Å². The molecule has 0 radical (unpaired) electrons. The van der Waals surface area contributed by atoms with Crippen LogP contribution < -0.4 is 10.5 Å². The summed E-state index contributed by atoms with van der Waals surface area (Å²) in [5.41, 5.74) is 8.18. The highest BCUT2D eigenvalue weighted by atomic mass is 16.5. The molecule has 0 spiro atoms. The molecule has 0 amide bonds. The largest absolute Gasteiger partial charge is 0.494 e. The predicted octanol–water partition coefficient (Wildman–Crippen LogP) is 3.62. The third-order valence-electron chi connectivity index (χ3n) is 4.93. The van der Waals surface area contributed by atoms with E-state index in [2.05, 4.69) is 29.5 Å². The lowest BCUT2D eigenvalue weighted by Crippen LogP contribution is -2.27. The highest BCUT2D eigenvalue weighted by molar-refractivity contribution is 5.84. The monoisotopic (exact) mass is 273 g/mol. The number of imidazole rings is 1. The average Bonchev–Trinajstić information content (AvgIpc) is 2.78. The minimum atomic E-state index is 0.441. The van der Waals surface area contributed by atoms with Gasteiger partial charge in [0.25, 0.3) is 0 Å². The van der Waals surface area contributed by atoms with Gasteiger partial charge in [-0.2, -0.15) is 0 Å². The zero-order valence-corrected chi connectivity index (χ0v) is 12.5. The van der Waals surface area contributed by atoms with Gasteiger partial charge in [-0.1, -0.05) is 32.8 Å². The molecule has 2 N–H and O–H groups in total. The van der Waals surface area contributed by atoms with E-state index < -0.39 is 0 Å². The fourth-order valence-corrected chi connectivity index (χ4v) is 3.54. The molecule has 20 heavy (non-hydrogen) atoms. The molecule has 1 saturated carbocycles. The van der Waals surface area contributed by atoms with Crippen LogP contribution >= 0.6 is 0 Å². The predicted molar refractivity (Wildman–Crippen MR) is 81.9 cm³/mol. The Kier molecular flexibility index (Phi) is 3.32. The van der Waals surface area contributed by atoms with E-state index in [0.717, 1.165) is 22.7 Å². The van der Waals surface area contributed by atoms with Gasteiger partial charge in [-0.25, -0.2) is 4.98 Å². The quantitative estimate of drug-likeness (QED) is 0.909. The minimum absolute atomic E-state index is 0.441. The standard InChI is InChI=1S/C16H23N3O/c1-10-6-4-7-12(11(10)2)19-13-8-5-9-14(20-3)15(13)18-16(19)17/h5,8-12H,4,6-7H2,1-3H3,(H2,17,18). The molecule has 1 aliphatic carbocycles. The summed E-state index contributed by atoms with van der Waals surface area (Å²) in [5.74, 6) is 2.76. The molecule has 0 aliphatic heterocycles. The van der Waals surface area contributed by atoms with Crippen molar-refractivity contribution in [3.05, 3.63) is 18.2 Å². The highest BCUT2D eigenvalue weighted by Gasteiger charge is 2.30. The number of rotatable bonds is 2. The summed E-state index contributed by atoms with van der Waals surface area (Å²) in [6.07, 6.45) is 3.76. The topological polar surface area (TPSA) is 53.1 Å². The Bertz CT molecular complexity index is 619. The van der Waals surface area contributed by atoms with E-state index in [-0.39, 0.29) is 0 Å². The van der Waals surface area contributed by atoms with E-state index in [9.17, 15) is 0 Å². The molecule has 0 bridgehead atoms. The number of methoxy groups -OCH3 is 1. The first-order valence-corrected chi connectivity index (χ1v) is 7.44. The molecule has 3 rings (SSSR count). The van der Waals surface area contributed by atoms with Gasteiger partial charge in [0, 0.05) is 6.04 Å². The van der Waals surface area contributed by atoms with Gasteiger partial charge in [-0.3, -0.25) is 0 Å². The molecule has 1 fully saturated rings. The molecule has 3 atom stereocenters. The fourth-order valence-electron chi connectivity index (χ4n) is 3.54. The number of nitrogens with two attached hydrogens (primary N) is 1. The summed E-state index contributed by atoms with van der Waals surface area (Å²) in [7, 11) is 1.68. The maximum Gasteiger partial charge on any atom is 0.201 e. The molecule has 3 unspecified atom stereocenters. The zero-order chi connectivity index (χ0) is 14.3. The Hall–Kier alpha value is -1.71. The molecule has 1 aromatic carbocycles. The molecular formula is C16H23N3O. The van der Waals surface area contributed by atoms with E-state index in [1.807, 2.05) is 12.1 Å². The number of nitrogen functional groups attached to an aromatic ring is 1. The fraction of sp³-hybridized carbons (Fsp3) is 0.562. The van der Waals surface area contributed by atoms with Crippen molar-refractivity contribution in [1.82, 2.24) is 9.55 Å². The second-order valence-corrected chi connectivity index (χ2v) is 6.00. The van der Waals surface area contributed by atoms with Gasteiger partial charge in [-0.15, -0.1) is 0 Å². The zero-order valence-electron chi connectivity index (χ0n) is 12.5. The molecule has 4 nitrogen and oxygen atoms in total. The first kappa shape index (κ1) is 13.3. The Morgan fingerprint density at radius 2 is 2.10 bits per heavy atom. The number of hydrogen-bond donors (Lipinski definition) is 1. The Morgan fingerprint density at radius 1 is 1.30 bits per heavy atom. The van der Waals surface area contributed by atoms with Crippen LogP contribution in [-0.4, -0.2) is 16.7 Å². The van der Waals surface area contributed by atoms with E-state index in [0.29, 0.717) is 17.9 Å². The van der Waals surface area contributed by atoms with Crippen LogP contribution in [0.3, 0.4) is 0 Å². The second kappa shape index (κ2) is 5.00. The Labute approximate surface area is 119 Å². The van der Waals surface area contributed by atoms with Crippen molar-refractivity contribution in [2.45, 2.75) is 39.2 Å². The van der Waals surface area contributed by atoms with Gasteiger partial charge in [0.15, 0.2) is 0 Å². The number of anilines is 1. The van der Waals surface area contributed by atoms with Gasteiger partial charge in [-0.05, 0) is 30.4 Å². The van der Waals surface area contributed by atoms with E-state index >= 15 is 0 Å². The first-order chi connectivity index (χ1) is 9.63. The lowest BCUT2D eigenvalue weighted by Gasteiger charge is -2.35. The van der Waals surface area contributed by atoms with Crippen LogP contribution in [0.25, 0.3) is 11.0 Å². The summed E-state index contributed by atoms with van der Waals surface area (Å²) in [6.45, 7) is 4.67. The normalized spacial score (nSPS) is 26.9. The average molecular weight is 273 g/mol. The van der Waals surface area contributed by atoms with Crippen LogP contribution in [0.2, 0.25) is 0 Å². The molecule has 1 heterocycles. The van der Waals surface area contributed by atoms with Crippen molar-refractivity contribution < 1.29 is 4.74 Å². The number of fused-ring (bicyclic) bond motifs is 1. The maximum atomic E-state index is 6.21. The lowest BCUT2D eigenvalue weighted by atomic mass is 9.78. The number of benzene rings is 1. The third kappa shape index (κ3) is 1.94. The summed E-state index contributed by atoms with van der Waals surface area (Å²) in [5, 5.41) is 0. The summed E-state index contributed by atoms with van der Waals surface area (Å²) >= 11 is 0. The number of hydrogen-bond acceptors (Lipinski definition) is 3. The van der Waals surface area contributed by atoms with Crippen molar-refractivity contribution in [2.75, 3.05) is 12.8 Å². The van der Waals surface area contributed by atoms with Gasteiger partial charge in [0.2, 0.25) is 5.95 Å². The highest BCUT2D eigenvalue weighted by Crippen LogP contribution is 2.41. The molecule has 1 aliphatic rings. The van der Waals surface area contributed by atoms with Gasteiger partial charge >= 0.3 is 0 Å². The molecule has 1 aromatic heterocycles. The molecule has 4 heteroatoms. The summed E-state index contributed by atoms with van der Waals surface area (Å²) in [4.78, 5) is 4.53. The van der Waals surface area contributed by atoms with Gasteiger partial charge in [0.1, 0.15) is 11.3 Å². The van der Waals surface area contributed by atoms with Crippen LogP contribution in [0, 0.1) is 11.8 Å². The van der Waals surface area contributed by atoms with Crippen molar-refractivity contribution in [3.63, 3.8) is 0 Å². The van der Waals surface area contributed by atoms with E-state index in [4.69, 9.17) is 10.5 Å². The SMILES string of the molecule is COc1cccc2c1nc(N)n2C1CCCC(C)C1C. The van der Waals surface area contributed by atoms with E-state index in [1.54, 1.807) is 7.11 Å². The lowest BCUT2D eigenvalue weighted by molar-refractivity contribution is 0.191. The van der Waals surface area contributed by atoms with Gasteiger partial charge < -0.3 is 15.0 Å². The summed E-state index contributed by atoms with van der Waals surface area (Å²) < 4.78 is 7.62. The van der Waals surface area contributed by atoms with Crippen LogP contribution in [0.15, 0.2) is 18.2 Å². The van der Waals surface area contributed by atoms with Crippen LogP contribution in [-0.2, 0) is 0 Å².